The zero-order chi connectivity index (χ0) is 14.5. The molecule has 0 aliphatic heterocycles. The summed E-state index contributed by atoms with van der Waals surface area (Å²) in [6.45, 7) is 5.26. The van der Waals surface area contributed by atoms with E-state index in [4.69, 9.17) is 10.5 Å². The fraction of sp³-hybridized carbons (Fsp3) is 0.500. The molecule has 1 rings (SSSR count). The minimum Gasteiger partial charge on any atom is -0.484 e. The zero-order valence-corrected chi connectivity index (χ0v) is 14.5. The molecule has 0 radical (unpaired) electrons. The van der Waals surface area contributed by atoms with E-state index in [1.165, 1.54) is 0 Å². The van der Waals surface area contributed by atoms with Crippen molar-refractivity contribution in [2.75, 3.05) is 26.7 Å². The molecule has 0 aliphatic carbocycles. The van der Waals surface area contributed by atoms with Gasteiger partial charge in [0.1, 0.15) is 5.75 Å². The molecule has 0 fully saturated rings. The number of nitrogens with two attached hydrogens (primary N) is 1. The molecule has 1 aromatic carbocycles. The van der Waals surface area contributed by atoms with Crippen LogP contribution >= 0.6 is 28.3 Å². The second kappa shape index (κ2) is 8.49. The van der Waals surface area contributed by atoms with Crippen LogP contribution < -0.4 is 10.5 Å². The van der Waals surface area contributed by atoms with Crippen LogP contribution in [0.3, 0.4) is 0 Å². The van der Waals surface area contributed by atoms with Crippen LogP contribution in [0.15, 0.2) is 28.7 Å². The van der Waals surface area contributed by atoms with Crippen molar-refractivity contribution in [1.29, 1.82) is 0 Å². The number of carbonyl (C=O) groups is 1. The Morgan fingerprint density at radius 1 is 1.45 bits per heavy atom. The summed E-state index contributed by atoms with van der Waals surface area (Å²) in [5.74, 6) is 0.621. The van der Waals surface area contributed by atoms with E-state index < -0.39 is 0 Å². The van der Waals surface area contributed by atoms with Crippen molar-refractivity contribution in [1.82, 2.24) is 4.90 Å². The molecule has 0 spiro atoms. The van der Waals surface area contributed by atoms with Crippen LogP contribution in [0.4, 0.5) is 0 Å². The van der Waals surface area contributed by atoms with Crippen LogP contribution in [-0.4, -0.2) is 37.6 Å². The number of benzene rings is 1. The number of likely N-dealkylation sites (N-methyl/N-ethyl adjacent to an activating group) is 1. The van der Waals surface area contributed by atoms with Gasteiger partial charge in [-0.1, -0.05) is 35.8 Å². The Bertz CT molecular complexity index is 441. The molecule has 20 heavy (non-hydrogen) atoms. The minimum absolute atomic E-state index is 0. The summed E-state index contributed by atoms with van der Waals surface area (Å²) in [6, 6.07) is 7.43. The Kier molecular flexibility index (Phi) is 8.16. The summed E-state index contributed by atoms with van der Waals surface area (Å²) >= 11 is 3.36. The number of ether oxygens (including phenoxy) is 1. The predicted molar refractivity (Wildman–Crippen MR) is 87.4 cm³/mol. The second-order valence-corrected chi connectivity index (χ2v) is 6.28. The lowest BCUT2D eigenvalue weighted by Gasteiger charge is -2.29. The van der Waals surface area contributed by atoms with Gasteiger partial charge in [-0.05, 0) is 30.2 Å². The average Bonchev–Trinajstić information content (AvgIpc) is 2.35. The normalized spacial score (nSPS) is 10.7. The Balaban J connectivity index is 0.00000361. The lowest BCUT2D eigenvalue weighted by Crippen LogP contribution is -2.41. The first-order chi connectivity index (χ1) is 8.84. The third-order valence-electron chi connectivity index (χ3n) is 2.80. The summed E-state index contributed by atoms with van der Waals surface area (Å²) in [7, 11) is 1.77. The topological polar surface area (TPSA) is 55.6 Å². The molecule has 2 N–H and O–H groups in total. The van der Waals surface area contributed by atoms with Gasteiger partial charge >= 0.3 is 0 Å². The van der Waals surface area contributed by atoms with Crippen molar-refractivity contribution < 1.29 is 9.53 Å². The maximum atomic E-state index is 11.9. The average molecular weight is 366 g/mol. The fourth-order valence-electron chi connectivity index (χ4n) is 1.61. The molecule has 0 aromatic heterocycles. The summed E-state index contributed by atoms with van der Waals surface area (Å²) < 4.78 is 6.39. The Morgan fingerprint density at radius 2 is 2.10 bits per heavy atom. The van der Waals surface area contributed by atoms with Gasteiger partial charge in [-0.15, -0.1) is 12.4 Å². The molecular weight excluding hydrogens is 344 g/mol. The highest BCUT2D eigenvalue weighted by Crippen LogP contribution is 2.18. The number of amides is 1. The van der Waals surface area contributed by atoms with Gasteiger partial charge in [0.2, 0.25) is 0 Å². The standard InChI is InChI=1S/C14H21BrN2O2.ClH/c1-14(2,9-16)10-17(3)13(18)8-19-12-6-4-5-11(15)7-12;/h4-7H,8-10,16H2,1-3H3;1H. The molecule has 1 amide bonds. The fourth-order valence-corrected chi connectivity index (χ4v) is 1.99. The molecular formula is C14H22BrClN2O2. The summed E-state index contributed by atoms with van der Waals surface area (Å²) in [5, 5.41) is 0. The largest absolute Gasteiger partial charge is 0.484 e. The number of hydrogen-bond acceptors (Lipinski definition) is 3. The molecule has 0 saturated carbocycles. The van der Waals surface area contributed by atoms with Crippen molar-refractivity contribution in [3.8, 4) is 5.75 Å². The highest BCUT2D eigenvalue weighted by Gasteiger charge is 2.21. The molecule has 0 heterocycles. The minimum atomic E-state index is -0.0831. The SMILES string of the molecule is CN(CC(C)(C)CN)C(=O)COc1cccc(Br)c1.Cl. The van der Waals surface area contributed by atoms with Crippen LogP contribution in [0.5, 0.6) is 5.75 Å². The number of nitrogens with zero attached hydrogens (tertiary/aromatic N) is 1. The van der Waals surface area contributed by atoms with E-state index in [0.29, 0.717) is 18.8 Å². The molecule has 0 saturated heterocycles. The van der Waals surface area contributed by atoms with Gasteiger partial charge in [-0.3, -0.25) is 4.79 Å². The van der Waals surface area contributed by atoms with Gasteiger partial charge in [0.05, 0.1) is 0 Å². The molecule has 6 heteroatoms. The van der Waals surface area contributed by atoms with Crippen molar-refractivity contribution >= 4 is 34.2 Å². The van der Waals surface area contributed by atoms with Crippen LogP contribution in [0, 0.1) is 5.41 Å². The molecule has 0 bridgehead atoms. The lowest BCUT2D eigenvalue weighted by atomic mass is 9.93. The Labute approximate surface area is 135 Å². The third kappa shape index (κ3) is 6.59. The van der Waals surface area contributed by atoms with E-state index in [1.807, 2.05) is 38.1 Å². The van der Waals surface area contributed by atoms with Gasteiger partial charge in [0.25, 0.3) is 5.91 Å². The van der Waals surface area contributed by atoms with Crippen LogP contribution in [0.25, 0.3) is 0 Å². The summed E-state index contributed by atoms with van der Waals surface area (Å²) in [4.78, 5) is 13.6. The highest BCUT2D eigenvalue weighted by molar-refractivity contribution is 9.10. The zero-order valence-electron chi connectivity index (χ0n) is 12.1. The van der Waals surface area contributed by atoms with Crippen molar-refractivity contribution in [3.05, 3.63) is 28.7 Å². The van der Waals surface area contributed by atoms with E-state index in [9.17, 15) is 4.79 Å². The highest BCUT2D eigenvalue weighted by atomic mass is 79.9. The maximum Gasteiger partial charge on any atom is 0.260 e. The summed E-state index contributed by atoms with van der Waals surface area (Å²) in [5.41, 5.74) is 5.58. The van der Waals surface area contributed by atoms with E-state index in [0.717, 1.165) is 4.47 Å². The van der Waals surface area contributed by atoms with Crippen LogP contribution in [0.1, 0.15) is 13.8 Å². The van der Waals surface area contributed by atoms with Gasteiger partial charge < -0.3 is 15.4 Å². The summed E-state index contributed by atoms with van der Waals surface area (Å²) in [6.07, 6.45) is 0. The van der Waals surface area contributed by atoms with Gasteiger partial charge in [-0.2, -0.15) is 0 Å². The predicted octanol–water partition coefficient (Wildman–Crippen LogP) is 2.69. The Morgan fingerprint density at radius 3 is 2.65 bits per heavy atom. The van der Waals surface area contributed by atoms with E-state index in [2.05, 4.69) is 15.9 Å². The molecule has 0 unspecified atom stereocenters. The molecule has 0 aliphatic rings. The number of halogens is 2. The van der Waals surface area contributed by atoms with Gasteiger partial charge in [0.15, 0.2) is 6.61 Å². The van der Waals surface area contributed by atoms with Crippen LogP contribution in [0.2, 0.25) is 0 Å². The maximum absolute atomic E-state index is 11.9. The smallest absolute Gasteiger partial charge is 0.260 e. The second-order valence-electron chi connectivity index (χ2n) is 5.36. The third-order valence-corrected chi connectivity index (χ3v) is 3.30. The molecule has 4 nitrogen and oxygen atoms in total. The van der Waals surface area contributed by atoms with Crippen molar-refractivity contribution in [3.63, 3.8) is 0 Å². The first kappa shape index (κ1) is 19.2. The lowest BCUT2D eigenvalue weighted by molar-refractivity contribution is -0.133. The monoisotopic (exact) mass is 364 g/mol. The number of rotatable bonds is 6. The Hall–Kier alpha value is -0.780. The van der Waals surface area contributed by atoms with Gasteiger partial charge in [-0.25, -0.2) is 0 Å². The van der Waals surface area contributed by atoms with Crippen molar-refractivity contribution in [2.24, 2.45) is 11.1 Å². The first-order valence-corrected chi connectivity index (χ1v) is 6.96. The van der Waals surface area contributed by atoms with Crippen LogP contribution in [-0.2, 0) is 4.79 Å². The quantitative estimate of drug-likeness (QED) is 0.843. The van der Waals surface area contributed by atoms with E-state index >= 15 is 0 Å². The molecule has 114 valence electrons. The first-order valence-electron chi connectivity index (χ1n) is 6.16. The van der Waals surface area contributed by atoms with E-state index in [-0.39, 0.29) is 30.3 Å². The molecule has 1 aromatic rings. The number of carbonyl (C=O) groups excluding carboxylic acids is 1. The van der Waals surface area contributed by atoms with Crippen molar-refractivity contribution in [2.45, 2.75) is 13.8 Å². The number of hydrogen-bond donors (Lipinski definition) is 1. The molecule has 0 atom stereocenters. The van der Waals surface area contributed by atoms with E-state index in [1.54, 1.807) is 11.9 Å². The van der Waals surface area contributed by atoms with Gasteiger partial charge in [0, 0.05) is 18.1 Å².